The predicted molar refractivity (Wildman–Crippen MR) is 54.9 cm³/mol. The molecular weight excluding hydrogens is 132 g/mol. The number of unbranched alkanes of at least 4 members (excludes halogenated alkanes) is 2. The Balaban J connectivity index is 0. The summed E-state index contributed by atoms with van der Waals surface area (Å²) in [5, 5.41) is 0. The molecule has 0 aliphatic carbocycles. The Labute approximate surface area is 72.7 Å². The molecule has 0 heterocycles. The molecule has 0 aliphatic rings. The van der Waals surface area contributed by atoms with Gasteiger partial charge in [-0.2, -0.15) is 0 Å². The molecule has 0 radical (unpaired) electrons. The molecular formula is C11H24. The van der Waals surface area contributed by atoms with Crippen molar-refractivity contribution in [2.75, 3.05) is 0 Å². The van der Waals surface area contributed by atoms with Crippen molar-refractivity contribution in [2.24, 2.45) is 0 Å². The van der Waals surface area contributed by atoms with E-state index < -0.39 is 0 Å². The summed E-state index contributed by atoms with van der Waals surface area (Å²) in [5.41, 5.74) is 0. The summed E-state index contributed by atoms with van der Waals surface area (Å²) in [5.74, 6) is 0. The molecule has 0 saturated carbocycles. The smallest absolute Gasteiger partial charge is 0.0379 e. The summed E-state index contributed by atoms with van der Waals surface area (Å²) in [4.78, 5) is 0. The predicted octanol–water partition coefficient (Wildman–Crippen LogP) is 4.56. The van der Waals surface area contributed by atoms with Gasteiger partial charge in [-0.1, -0.05) is 59.1 Å². The lowest BCUT2D eigenvalue weighted by Crippen LogP contribution is -1.59. The molecule has 0 aliphatic heterocycles. The number of hydrogen-bond acceptors (Lipinski definition) is 0. The fourth-order valence-electron chi connectivity index (χ4n) is 0.687. The molecule has 0 spiro atoms. The third-order valence-corrected chi connectivity index (χ3v) is 1.35. The van der Waals surface area contributed by atoms with Crippen molar-refractivity contribution in [3.63, 3.8) is 0 Å². The average Bonchev–Trinajstić information content (AvgIpc) is 2.04. The minimum Gasteiger partial charge on any atom is -0.0888 e. The van der Waals surface area contributed by atoms with Crippen molar-refractivity contribution in [1.82, 2.24) is 0 Å². The van der Waals surface area contributed by atoms with Gasteiger partial charge in [0.05, 0.1) is 0 Å². The van der Waals surface area contributed by atoms with Gasteiger partial charge in [-0.25, -0.2) is 0 Å². The maximum atomic E-state index is 2.21. The summed E-state index contributed by atoms with van der Waals surface area (Å²) in [6, 6.07) is 0. The Bertz CT molecular complexity index is 54.4. The molecule has 0 rings (SSSR count). The van der Waals surface area contributed by atoms with Gasteiger partial charge < -0.3 is 0 Å². The molecule has 0 unspecified atom stereocenters. The summed E-state index contributed by atoms with van der Waals surface area (Å²) >= 11 is 0. The van der Waals surface area contributed by atoms with Crippen LogP contribution in [0.25, 0.3) is 0 Å². The van der Waals surface area contributed by atoms with E-state index in [1.165, 1.54) is 32.1 Å². The van der Waals surface area contributed by atoms with E-state index in [1.807, 2.05) is 0 Å². The third kappa shape index (κ3) is 26.0. The SMILES string of the molecule is CC/C=C/CC.CCCCC. The maximum Gasteiger partial charge on any atom is -0.0379 e. The van der Waals surface area contributed by atoms with E-state index in [4.69, 9.17) is 0 Å². The van der Waals surface area contributed by atoms with E-state index in [-0.39, 0.29) is 0 Å². The van der Waals surface area contributed by atoms with Crippen molar-refractivity contribution in [2.45, 2.75) is 59.8 Å². The van der Waals surface area contributed by atoms with Gasteiger partial charge in [0.1, 0.15) is 0 Å². The quantitative estimate of drug-likeness (QED) is 0.523. The Kier molecular flexibility index (Phi) is 19.9. The van der Waals surface area contributed by atoms with Crippen LogP contribution in [-0.4, -0.2) is 0 Å². The fourth-order valence-corrected chi connectivity index (χ4v) is 0.687. The summed E-state index contributed by atoms with van der Waals surface area (Å²) < 4.78 is 0. The van der Waals surface area contributed by atoms with Gasteiger partial charge in [0.2, 0.25) is 0 Å². The first-order valence-corrected chi connectivity index (χ1v) is 4.98. The van der Waals surface area contributed by atoms with Gasteiger partial charge in [0.15, 0.2) is 0 Å². The highest BCUT2D eigenvalue weighted by atomic mass is 13.7. The Morgan fingerprint density at radius 2 is 1.09 bits per heavy atom. The minimum absolute atomic E-state index is 1.17. The first-order valence-electron chi connectivity index (χ1n) is 4.98. The van der Waals surface area contributed by atoms with E-state index in [0.717, 1.165) is 0 Å². The second kappa shape index (κ2) is 16.4. The van der Waals surface area contributed by atoms with Crippen LogP contribution < -0.4 is 0 Å². The molecule has 0 aromatic carbocycles. The third-order valence-electron chi connectivity index (χ3n) is 1.35. The molecule has 11 heavy (non-hydrogen) atoms. The molecule has 0 bridgehead atoms. The van der Waals surface area contributed by atoms with Crippen LogP contribution in [0.4, 0.5) is 0 Å². The number of allylic oxidation sites excluding steroid dienone is 2. The van der Waals surface area contributed by atoms with Crippen LogP contribution in [0.1, 0.15) is 59.8 Å². The molecule has 0 amide bonds. The maximum absolute atomic E-state index is 2.21. The van der Waals surface area contributed by atoms with Crippen LogP contribution in [0.3, 0.4) is 0 Å². The van der Waals surface area contributed by atoms with Crippen LogP contribution >= 0.6 is 0 Å². The van der Waals surface area contributed by atoms with Gasteiger partial charge in [-0.3, -0.25) is 0 Å². The first-order chi connectivity index (χ1) is 5.33. The van der Waals surface area contributed by atoms with Gasteiger partial charge >= 0.3 is 0 Å². The fraction of sp³-hybridized carbons (Fsp3) is 0.818. The monoisotopic (exact) mass is 156 g/mol. The number of hydrogen-bond donors (Lipinski definition) is 0. The van der Waals surface area contributed by atoms with Crippen molar-refractivity contribution in [1.29, 1.82) is 0 Å². The summed E-state index contributed by atoms with van der Waals surface area (Å²) in [7, 11) is 0. The number of rotatable bonds is 4. The summed E-state index contributed by atoms with van der Waals surface area (Å²) in [6.45, 7) is 8.71. The van der Waals surface area contributed by atoms with Gasteiger partial charge in [0, 0.05) is 0 Å². The van der Waals surface area contributed by atoms with Crippen molar-refractivity contribution in [3.8, 4) is 0 Å². The minimum atomic E-state index is 1.17. The van der Waals surface area contributed by atoms with Crippen LogP contribution in [0.5, 0.6) is 0 Å². The van der Waals surface area contributed by atoms with Crippen molar-refractivity contribution < 1.29 is 0 Å². The Hall–Kier alpha value is -0.260. The zero-order valence-corrected chi connectivity index (χ0v) is 8.69. The lowest BCUT2D eigenvalue weighted by atomic mass is 10.3. The Morgan fingerprint density at radius 1 is 0.727 bits per heavy atom. The Morgan fingerprint density at radius 3 is 1.18 bits per heavy atom. The van der Waals surface area contributed by atoms with E-state index in [9.17, 15) is 0 Å². The molecule has 0 atom stereocenters. The molecule has 0 fully saturated rings. The molecule has 0 saturated heterocycles. The molecule has 0 aromatic heterocycles. The molecule has 0 N–H and O–H groups in total. The second-order valence-corrected chi connectivity index (χ2v) is 2.64. The average molecular weight is 156 g/mol. The van der Waals surface area contributed by atoms with E-state index in [0.29, 0.717) is 0 Å². The van der Waals surface area contributed by atoms with E-state index in [1.54, 1.807) is 0 Å². The van der Waals surface area contributed by atoms with Crippen LogP contribution in [0.2, 0.25) is 0 Å². The van der Waals surface area contributed by atoms with Crippen molar-refractivity contribution in [3.05, 3.63) is 12.2 Å². The van der Waals surface area contributed by atoms with Gasteiger partial charge in [-0.05, 0) is 12.8 Å². The molecule has 0 aromatic rings. The largest absolute Gasteiger partial charge is 0.0888 e. The van der Waals surface area contributed by atoms with Crippen LogP contribution in [-0.2, 0) is 0 Å². The highest BCUT2D eigenvalue weighted by molar-refractivity contribution is 4.77. The molecule has 68 valence electrons. The highest BCUT2D eigenvalue weighted by Gasteiger charge is 1.68. The van der Waals surface area contributed by atoms with Crippen LogP contribution in [0, 0.1) is 0 Å². The zero-order chi connectivity index (χ0) is 8.95. The first kappa shape index (κ1) is 13.3. The highest BCUT2D eigenvalue weighted by Crippen LogP contribution is 1.88. The topological polar surface area (TPSA) is 0 Å². The van der Waals surface area contributed by atoms with Crippen molar-refractivity contribution >= 4 is 0 Å². The standard InChI is InChI=1S/C6H12.C5H12/c1-3-5-6-4-2;1-3-5-4-2/h5-6H,3-4H2,1-2H3;3-5H2,1-2H3/b6-5+;. The second-order valence-electron chi connectivity index (χ2n) is 2.64. The summed E-state index contributed by atoms with van der Waals surface area (Å²) in [6.07, 6.45) is 10.8. The normalized spacial score (nSPS) is 9.45. The van der Waals surface area contributed by atoms with Gasteiger partial charge in [0.25, 0.3) is 0 Å². The van der Waals surface area contributed by atoms with E-state index in [2.05, 4.69) is 39.8 Å². The lowest BCUT2D eigenvalue weighted by Gasteiger charge is -1.79. The molecule has 0 nitrogen and oxygen atoms in total. The van der Waals surface area contributed by atoms with Crippen LogP contribution in [0.15, 0.2) is 12.2 Å². The molecule has 0 heteroatoms. The van der Waals surface area contributed by atoms with Gasteiger partial charge in [-0.15, -0.1) is 0 Å². The zero-order valence-electron chi connectivity index (χ0n) is 8.69. The lowest BCUT2D eigenvalue weighted by molar-refractivity contribution is 0.772. The van der Waals surface area contributed by atoms with E-state index >= 15 is 0 Å².